The predicted octanol–water partition coefficient (Wildman–Crippen LogP) is 2.78. The van der Waals surface area contributed by atoms with Crippen LogP contribution in [0, 0.1) is 0 Å². The third kappa shape index (κ3) is 2.99. The number of carboxylic acid groups (broad SMARTS) is 1. The molecule has 9 heteroatoms. The molecule has 2 N–H and O–H groups in total. The summed E-state index contributed by atoms with van der Waals surface area (Å²) in [5.74, 6) is -1.94. The van der Waals surface area contributed by atoms with E-state index in [2.05, 4.69) is 9.62 Å². The summed E-state index contributed by atoms with van der Waals surface area (Å²) in [6.07, 6.45) is 4.89. The molecule has 1 aliphatic carbocycles. The fourth-order valence-electron chi connectivity index (χ4n) is 4.19. The first-order valence-corrected chi connectivity index (χ1v) is 10.9. The van der Waals surface area contributed by atoms with Gasteiger partial charge in [-0.05, 0) is 57.6 Å². The number of carbonyl (C=O) groups excluding carboxylic acids is 1. The Balaban J connectivity index is 1.77. The molecule has 0 radical (unpaired) electrons. The van der Waals surface area contributed by atoms with Gasteiger partial charge in [-0.3, -0.25) is 4.79 Å². The summed E-state index contributed by atoms with van der Waals surface area (Å²) < 4.78 is 26.2. The molecule has 0 unspecified atom stereocenters. The van der Waals surface area contributed by atoms with Crippen LogP contribution in [0.15, 0.2) is 12.1 Å². The van der Waals surface area contributed by atoms with Crippen LogP contribution in [0.25, 0.3) is 0 Å². The van der Waals surface area contributed by atoms with E-state index in [4.69, 9.17) is 11.6 Å². The van der Waals surface area contributed by atoms with Crippen molar-refractivity contribution in [1.82, 2.24) is 4.72 Å². The van der Waals surface area contributed by atoms with Gasteiger partial charge in [0.1, 0.15) is 0 Å². The Hall–Kier alpha value is -1.80. The second-order valence-electron chi connectivity index (χ2n) is 7.91. The summed E-state index contributed by atoms with van der Waals surface area (Å²) in [6.45, 7) is 1.60. The quantitative estimate of drug-likeness (QED) is 0.770. The molecule has 3 fully saturated rings. The smallest absolute Gasteiger partial charge is 0.335 e. The van der Waals surface area contributed by atoms with E-state index in [0.717, 1.165) is 25.7 Å². The zero-order valence-corrected chi connectivity index (χ0v) is 16.4. The van der Waals surface area contributed by atoms with Crippen molar-refractivity contribution in [2.45, 2.75) is 62.3 Å². The highest BCUT2D eigenvalue weighted by atomic mass is 35.5. The van der Waals surface area contributed by atoms with E-state index in [1.54, 1.807) is 6.92 Å². The molecule has 2 heterocycles. The van der Waals surface area contributed by atoms with E-state index in [9.17, 15) is 23.1 Å². The monoisotopic (exact) mass is 412 g/mol. The van der Waals surface area contributed by atoms with Crippen LogP contribution >= 0.6 is 11.6 Å². The van der Waals surface area contributed by atoms with Crippen molar-refractivity contribution in [1.29, 1.82) is 0 Å². The molecule has 1 aromatic rings. The number of carbonyl (C=O) groups is 2. The van der Waals surface area contributed by atoms with E-state index in [1.807, 2.05) is 0 Å². The summed E-state index contributed by atoms with van der Waals surface area (Å²) in [4.78, 5) is 26.4. The van der Waals surface area contributed by atoms with E-state index in [-0.39, 0.29) is 28.2 Å². The van der Waals surface area contributed by atoms with Gasteiger partial charge in [0.05, 0.1) is 26.6 Å². The third-order valence-electron chi connectivity index (χ3n) is 6.10. The Morgan fingerprint density at radius 2 is 1.74 bits per heavy atom. The average molecular weight is 413 g/mol. The van der Waals surface area contributed by atoms with Crippen molar-refractivity contribution >= 4 is 39.2 Å². The van der Waals surface area contributed by atoms with Gasteiger partial charge in [-0.2, -0.15) is 0 Å². The van der Waals surface area contributed by atoms with Crippen molar-refractivity contribution in [3.63, 3.8) is 0 Å². The van der Waals surface area contributed by atoms with Crippen LogP contribution in [0.5, 0.6) is 0 Å². The minimum Gasteiger partial charge on any atom is -0.478 e. The molecule has 2 aliphatic heterocycles. The first kappa shape index (κ1) is 18.6. The van der Waals surface area contributed by atoms with Gasteiger partial charge in [-0.15, -0.1) is 0 Å². The number of hydrogen-bond acceptors (Lipinski definition) is 5. The van der Waals surface area contributed by atoms with E-state index in [1.165, 1.54) is 12.1 Å². The highest BCUT2D eigenvalue weighted by Crippen LogP contribution is 2.45. The summed E-state index contributed by atoms with van der Waals surface area (Å²) >= 11 is 6.28. The average Bonchev–Trinajstić information content (AvgIpc) is 3.09. The number of hydrogen-bond donors (Lipinski definition) is 2. The molecule has 3 aliphatic rings. The number of sulfonamides is 1. The van der Waals surface area contributed by atoms with Gasteiger partial charge in [-0.25, -0.2) is 17.9 Å². The van der Waals surface area contributed by atoms with Crippen molar-refractivity contribution < 1.29 is 23.1 Å². The molecule has 146 valence electrons. The summed E-state index contributed by atoms with van der Waals surface area (Å²) in [7, 11) is -3.82. The minimum atomic E-state index is -3.82. The van der Waals surface area contributed by atoms with Gasteiger partial charge in [0.25, 0.3) is 5.91 Å². The Morgan fingerprint density at radius 1 is 1.19 bits per heavy atom. The first-order chi connectivity index (χ1) is 12.6. The van der Waals surface area contributed by atoms with Crippen LogP contribution in [-0.2, 0) is 10.0 Å². The fraction of sp³-hybridized carbons (Fsp3) is 0.556. The van der Waals surface area contributed by atoms with E-state index in [0.29, 0.717) is 18.5 Å². The number of amides is 1. The Kier molecular flexibility index (Phi) is 4.19. The maximum absolute atomic E-state index is 12.9. The molecule has 1 saturated carbocycles. The lowest BCUT2D eigenvalue weighted by atomic mass is 10.0. The number of halogens is 1. The van der Waals surface area contributed by atoms with Crippen molar-refractivity contribution in [2.75, 3.05) is 4.90 Å². The molecule has 0 aromatic heterocycles. The SMILES string of the molecule is CC1(S(=O)(=O)NC(=O)c2c(Cl)cc(C(=O)O)cc2N2C3CCC2CC3)CC1. The predicted molar refractivity (Wildman–Crippen MR) is 101 cm³/mol. The number of nitrogens with zero attached hydrogens (tertiary/aromatic N) is 1. The number of rotatable bonds is 5. The molecule has 4 rings (SSSR count). The highest BCUT2D eigenvalue weighted by molar-refractivity contribution is 7.91. The van der Waals surface area contributed by atoms with Gasteiger partial charge in [0, 0.05) is 12.1 Å². The molecular weight excluding hydrogens is 392 g/mol. The molecule has 2 saturated heterocycles. The largest absolute Gasteiger partial charge is 0.478 e. The number of anilines is 1. The van der Waals surface area contributed by atoms with E-state index >= 15 is 0 Å². The normalized spacial score (nSPS) is 25.5. The van der Waals surface area contributed by atoms with Gasteiger partial charge < -0.3 is 10.0 Å². The summed E-state index contributed by atoms with van der Waals surface area (Å²) in [5.41, 5.74) is 0.432. The first-order valence-electron chi connectivity index (χ1n) is 9.05. The Bertz CT molecular complexity index is 921. The molecule has 2 bridgehead atoms. The van der Waals surface area contributed by atoms with Gasteiger partial charge in [-0.1, -0.05) is 11.6 Å². The van der Waals surface area contributed by atoms with E-state index < -0.39 is 26.6 Å². The topological polar surface area (TPSA) is 104 Å². The fourth-order valence-corrected chi connectivity index (χ4v) is 5.72. The van der Waals surface area contributed by atoms with Crippen molar-refractivity contribution in [3.05, 3.63) is 28.3 Å². The van der Waals surface area contributed by atoms with Crippen LogP contribution < -0.4 is 9.62 Å². The number of fused-ring (bicyclic) bond motifs is 2. The van der Waals surface area contributed by atoms with Gasteiger partial charge in [0.15, 0.2) is 0 Å². The second kappa shape index (κ2) is 6.10. The van der Waals surface area contributed by atoms with Gasteiger partial charge in [0.2, 0.25) is 10.0 Å². The summed E-state index contributed by atoms with van der Waals surface area (Å²) in [5, 5.41) is 9.33. The lowest BCUT2D eigenvalue weighted by Gasteiger charge is -2.28. The number of nitrogens with one attached hydrogen (secondary N) is 1. The highest BCUT2D eigenvalue weighted by Gasteiger charge is 2.51. The van der Waals surface area contributed by atoms with Crippen LogP contribution in [0.3, 0.4) is 0 Å². The van der Waals surface area contributed by atoms with Crippen molar-refractivity contribution in [2.24, 2.45) is 0 Å². The number of benzene rings is 1. The van der Waals surface area contributed by atoms with Crippen LogP contribution in [0.2, 0.25) is 5.02 Å². The zero-order valence-electron chi connectivity index (χ0n) is 14.9. The van der Waals surface area contributed by atoms with Crippen LogP contribution in [-0.4, -0.2) is 42.2 Å². The Morgan fingerprint density at radius 3 is 2.22 bits per heavy atom. The van der Waals surface area contributed by atoms with Crippen LogP contribution in [0.4, 0.5) is 5.69 Å². The zero-order chi connectivity index (χ0) is 19.6. The van der Waals surface area contributed by atoms with Crippen LogP contribution in [0.1, 0.15) is 66.2 Å². The summed E-state index contributed by atoms with van der Waals surface area (Å²) in [6, 6.07) is 3.08. The second-order valence-corrected chi connectivity index (χ2v) is 10.5. The van der Waals surface area contributed by atoms with Crippen molar-refractivity contribution in [3.8, 4) is 0 Å². The Labute approximate surface area is 162 Å². The molecule has 1 amide bonds. The maximum atomic E-state index is 12.9. The molecule has 0 atom stereocenters. The molecular formula is C18H21ClN2O5S. The minimum absolute atomic E-state index is 0.0186. The maximum Gasteiger partial charge on any atom is 0.335 e. The number of carboxylic acids is 1. The molecule has 7 nitrogen and oxygen atoms in total. The lowest BCUT2D eigenvalue weighted by molar-refractivity contribution is 0.0696. The molecule has 27 heavy (non-hydrogen) atoms. The third-order valence-corrected chi connectivity index (χ3v) is 8.56. The molecule has 1 aromatic carbocycles. The van der Waals surface area contributed by atoms with Gasteiger partial charge >= 0.3 is 5.97 Å². The number of aromatic carboxylic acids is 1. The standard InChI is InChI=1S/C18H21ClN2O5S/c1-18(6-7-18)27(25,26)20-16(22)15-13(19)8-10(17(23)24)9-14(15)21-11-2-3-12(21)5-4-11/h8-9,11-12H,2-7H2,1H3,(H,20,22)(H,23,24). The molecule has 0 spiro atoms. The lowest BCUT2D eigenvalue weighted by Crippen LogP contribution is -2.39.